The number of morpholine rings is 2. The monoisotopic (exact) mass is 370 g/mol. The van der Waals surface area contributed by atoms with E-state index in [1.165, 1.54) is 0 Å². The summed E-state index contributed by atoms with van der Waals surface area (Å²) >= 11 is 0. The topological polar surface area (TPSA) is 49.2 Å². The number of carbonyl (C=O) groups excluding carboxylic acids is 1. The van der Waals surface area contributed by atoms with Crippen molar-refractivity contribution in [2.75, 3.05) is 51.1 Å². The molecule has 2 atom stereocenters. The number of hydrogen-bond acceptors (Lipinski definition) is 5. The first kappa shape index (κ1) is 19.8. The smallest absolute Gasteiger partial charge is 0.187 e. The Hall–Kier alpha value is -1.94. The normalized spacial score (nSPS) is 23.6. The van der Waals surface area contributed by atoms with Gasteiger partial charge in [-0.15, -0.1) is 0 Å². The highest BCUT2D eigenvalue weighted by Gasteiger charge is 2.36. The van der Waals surface area contributed by atoms with Gasteiger partial charge in [-0.2, -0.15) is 0 Å². The van der Waals surface area contributed by atoms with Crippen LogP contribution in [0.25, 0.3) is 4.85 Å². The van der Waals surface area contributed by atoms with Gasteiger partial charge in [0.25, 0.3) is 0 Å². The fraction of sp³-hybridized carbons (Fsp3) is 0.619. The van der Waals surface area contributed by atoms with Crippen LogP contribution in [0.15, 0.2) is 24.3 Å². The van der Waals surface area contributed by atoms with Crippen molar-refractivity contribution in [3.63, 3.8) is 0 Å². The number of rotatable bonds is 6. The van der Waals surface area contributed by atoms with Crippen LogP contribution in [0, 0.1) is 12.0 Å². The standard InChI is InChI=1S/C21H30N4O2/c1-21(2,3)20(26)15-25-13-18-11-24(12-19(14-25)27-18)10-9-23-17-7-5-16(22-4)6-8-17/h5-8,18-19,23H,9-15H2,1-3H3. The summed E-state index contributed by atoms with van der Waals surface area (Å²) in [6, 6.07) is 7.57. The van der Waals surface area contributed by atoms with E-state index in [4.69, 9.17) is 11.3 Å². The summed E-state index contributed by atoms with van der Waals surface area (Å²) in [4.78, 5) is 20.4. The van der Waals surface area contributed by atoms with E-state index in [1.54, 1.807) is 0 Å². The van der Waals surface area contributed by atoms with Crippen molar-refractivity contribution in [3.8, 4) is 0 Å². The quantitative estimate of drug-likeness (QED) is 0.780. The molecule has 2 bridgehead atoms. The lowest BCUT2D eigenvalue weighted by Crippen LogP contribution is -2.60. The first-order chi connectivity index (χ1) is 12.8. The Bertz CT molecular complexity index is 676. The van der Waals surface area contributed by atoms with Crippen LogP contribution in [0.2, 0.25) is 0 Å². The van der Waals surface area contributed by atoms with Gasteiger partial charge in [-0.05, 0) is 12.1 Å². The number of nitrogens with one attached hydrogen (secondary N) is 1. The van der Waals surface area contributed by atoms with Crippen LogP contribution >= 0.6 is 0 Å². The summed E-state index contributed by atoms with van der Waals surface area (Å²) in [6.45, 7) is 18.8. The molecule has 0 aliphatic carbocycles. The minimum absolute atomic E-state index is 0.184. The maximum atomic E-state index is 12.3. The molecule has 2 saturated heterocycles. The van der Waals surface area contributed by atoms with Crippen molar-refractivity contribution in [2.24, 2.45) is 5.41 Å². The van der Waals surface area contributed by atoms with Crippen molar-refractivity contribution >= 4 is 17.2 Å². The highest BCUT2D eigenvalue weighted by Crippen LogP contribution is 2.22. The third kappa shape index (κ3) is 5.52. The van der Waals surface area contributed by atoms with E-state index in [0.717, 1.165) is 45.0 Å². The molecule has 2 aliphatic heterocycles. The minimum Gasteiger partial charge on any atom is -0.384 e. The van der Waals surface area contributed by atoms with E-state index >= 15 is 0 Å². The minimum atomic E-state index is -0.280. The van der Waals surface area contributed by atoms with Gasteiger partial charge in [0.1, 0.15) is 0 Å². The average molecular weight is 370 g/mol. The number of ketones is 1. The van der Waals surface area contributed by atoms with Crippen molar-refractivity contribution in [2.45, 2.75) is 33.0 Å². The van der Waals surface area contributed by atoms with Gasteiger partial charge < -0.3 is 10.1 Å². The Morgan fingerprint density at radius 2 is 1.74 bits per heavy atom. The lowest BCUT2D eigenvalue weighted by Gasteiger charge is -2.46. The number of carbonyl (C=O) groups is 1. The van der Waals surface area contributed by atoms with Gasteiger partial charge in [-0.25, -0.2) is 4.85 Å². The van der Waals surface area contributed by atoms with Gasteiger partial charge >= 0.3 is 0 Å². The number of ether oxygens (including phenoxy) is 1. The van der Waals surface area contributed by atoms with Gasteiger partial charge in [0.15, 0.2) is 11.5 Å². The molecule has 0 spiro atoms. The fourth-order valence-electron chi connectivity index (χ4n) is 3.62. The van der Waals surface area contributed by atoms with Crippen LogP contribution < -0.4 is 5.32 Å². The van der Waals surface area contributed by atoms with E-state index in [-0.39, 0.29) is 17.6 Å². The van der Waals surface area contributed by atoms with Gasteiger partial charge in [-0.1, -0.05) is 32.9 Å². The van der Waals surface area contributed by atoms with Crippen molar-refractivity contribution in [1.82, 2.24) is 9.80 Å². The molecule has 2 aliphatic rings. The van der Waals surface area contributed by atoms with Crippen LogP contribution in [0.5, 0.6) is 0 Å². The Morgan fingerprint density at radius 1 is 1.15 bits per heavy atom. The summed E-state index contributed by atoms with van der Waals surface area (Å²) in [5, 5.41) is 3.42. The summed E-state index contributed by atoms with van der Waals surface area (Å²) in [7, 11) is 0. The maximum absolute atomic E-state index is 12.3. The van der Waals surface area contributed by atoms with E-state index < -0.39 is 0 Å². The molecular weight excluding hydrogens is 340 g/mol. The summed E-state index contributed by atoms with van der Waals surface area (Å²) in [6.07, 6.45) is 0.367. The Kier molecular flexibility index (Phi) is 6.15. The third-order valence-electron chi connectivity index (χ3n) is 5.19. The maximum Gasteiger partial charge on any atom is 0.187 e. The molecule has 0 radical (unpaired) electrons. The number of fused-ring (bicyclic) bond motifs is 2. The molecule has 27 heavy (non-hydrogen) atoms. The highest BCUT2D eigenvalue weighted by molar-refractivity contribution is 5.85. The predicted octanol–water partition coefficient (Wildman–Crippen LogP) is 2.65. The van der Waals surface area contributed by atoms with Crippen LogP contribution in [-0.2, 0) is 9.53 Å². The highest BCUT2D eigenvalue weighted by atomic mass is 16.5. The lowest BCUT2D eigenvalue weighted by atomic mass is 9.90. The molecular formula is C21H30N4O2. The summed E-state index contributed by atoms with van der Waals surface area (Å²) in [5.74, 6) is 0.299. The van der Waals surface area contributed by atoms with Crippen LogP contribution in [0.3, 0.4) is 0 Å². The molecule has 6 heteroatoms. The van der Waals surface area contributed by atoms with Crippen molar-refractivity contribution in [3.05, 3.63) is 35.7 Å². The van der Waals surface area contributed by atoms with E-state index in [0.29, 0.717) is 18.0 Å². The average Bonchev–Trinajstić information content (AvgIpc) is 2.61. The molecule has 2 unspecified atom stereocenters. The van der Waals surface area contributed by atoms with Gasteiger partial charge in [0.2, 0.25) is 0 Å². The van der Waals surface area contributed by atoms with Gasteiger partial charge in [0, 0.05) is 50.4 Å². The van der Waals surface area contributed by atoms with E-state index in [9.17, 15) is 4.79 Å². The number of benzene rings is 1. The van der Waals surface area contributed by atoms with Crippen LogP contribution in [0.1, 0.15) is 20.8 Å². The zero-order valence-electron chi connectivity index (χ0n) is 16.6. The molecule has 0 saturated carbocycles. The predicted molar refractivity (Wildman–Crippen MR) is 107 cm³/mol. The van der Waals surface area contributed by atoms with E-state index in [2.05, 4.69) is 20.0 Å². The number of hydrogen-bond donors (Lipinski definition) is 1. The Morgan fingerprint density at radius 3 is 2.30 bits per heavy atom. The molecule has 2 heterocycles. The second-order valence-corrected chi connectivity index (χ2v) is 8.59. The van der Waals surface area contributed by atoms with Crippen LogP contribution in [0.4, 0.5) is 11.4 Å². The molecule has 0 aromatic heterocycles. The van der Waals surface area contributed by atoms with E-state index in [1.807, 2.05) is 45.0 Å². The number of Topliss-reactive ketones (excluding diaryl/α,β-unsaturated/α-hetero) is 1. The molecule has 146 valence electrons. The molecule has 6 nitrogen and oxygen atoms in total. The fourth-order valence-corrected chi connectivity index (χ4v) is 3.62. The molecule has 0 amide bonds. The number of anilines is 1. The molecule has 3 rings (SSSR count). The molecule has 1 N–H and O–H groups in total. The van der Waals surface area contributed by atoms with Gasteiger partial charge in [-0.3, -0.25) is 14.6 Å². The SMILES string of the molecule is [C-]#[N+]c1ccc(NCCN2CC3CN(CC(=O)C(C)(C)C)CC(C2)O3)cc1. The largest absolute Gasteiger partial charge is 0.384 e. The van der Waals surface area contributed by atoms with Crippen molar-refractivity contribution < 1.29 is 9.53 Å². The Labute approximate surface area is 162 Å². The first-order valence-electron chi connectivity index (χ1n) is 9.68. The molecule has 2 fully saturated rings. The van der Waals surface area contributed by atoms with Gasteiger partial charge in [0.05, 0.1) is 25.3 Å². The lowest BCUT2D eigenvalue weighted by molar-refractivity contribution is -0.146. The zero-order chi connectivity index (χ0) is 19.4. The summed E-state index contributed by atoms with van der Waals surface area (Å²) in [5.41, 5.74) is 1.43. The number of nitrogens with zero attached hydrogens (tertiary/aromatic N) is 3. The second kappa shape index (κ2) is 8.39. The second-order valence-electron chi connectivity index (χ2n) is 8.59. The van der Waals surface area contributed by atoms with Crippen molar-refractivity contribution in [1.29, 1.82) is 0 Å². The first-order valence-corrected chi connectivity index (χ1v) is 9.68. The summed E-state index contributed by atoms with van der Waals surface area (Å²) < 4.78 is 6.10. The van der Waals surface area contributed by atoms with Crippen LogP contribution in [-0.4, -0.2) is 73.6 Å². The Balaban J connectivity index is 1.43. The zero-order valence-corrected chi connectivity index (χ0v) is 16.6. The molecule has 1 aromatic carbocycles. The third-order valence-corrected chi connectivity index (χ3v) is 5.19. The molecule has 1 aromatic rings.